The lowest BCUT2D eigenvalue weighted by molar-refractivity contribution is 0.0531. The highest BCUT2D eigenvalue weighted by molar-refractivity contribution is 7.18. The fraction of sp³-hybridized carbons (Fsp3) is 0.538. The van der Waals surface area contributed by atoms with E-state index in [-0.39, 0.29) is 17.5 Å². The number of thiophene rings is 1. The second kappa shape index (κ2) is 6.06. The molecule has 0 saturated carbocycles. The van der Waals surface area contributed by atoms with E-state index in [1.54, 1.807) is 13.0 Å². The molecule has 6 heteroatoms. The highest BCUT2D eigenvalue weighted by Crippen LogP contribution is 2.27. The Morgan fingerprint density at radius 1 is 1.37 bits per heavy atom. The summed E-state index contributed by atoms with van der Waals surface area (Å²) in [4.78, 5) is 23.9. The van der Waals surface area contributed by atoms with Crippen molar-refractivity contribution >= 4 is 28.3 Å². The molecule has 0 aliphatic rings. The summed E-state index contributed by atoms with van der Waals surface area (Å²) in [6.45, 7) is 9.61. The highest BCUT2D eigenvalue weighted by Gasteiger charge is 2.17. The Bertz CT molecular complexity index is 475. The van der Waals surface area contributed by atoms with Crippen LogP contribution in [0.2, 0.25) is 0 Å². The Balaban J connectivity index is 2.74. The molecule has 0 aliphatic carbocycles. The van der Waals surface area contributed by atoms with E-state index in [1.165, 1.54) is 11.3 Å². The number of carbonyl (C=O) groups is 2. The second-order valence-electron chi connectivity index (χ2n) is 5.17. The average Bonchev–Trinajstić information content (AvgIpc) is 2.56. The molecule has 1 aromatic heterocycles. The lowest BCUT2D eigenvalue weighted by Crippen LogP contribution is -2.42. The van der Waals surface area contributed by atoms with E-state index in [0.29, 0.717) is 16.5 Å². The number of nitrogens with one attached hydrogen (secondary N) is 2. The van der Waals surface area contributed by atoms with Gasteiger partial charge < -0.3 is 10.1 Å². The molecule has 5 nitrogen and oxygen atoms in total. The molecular formula is C13H20N2O3S. The molecule has 0 atom stereocenters. The first-order chi connectivity index (χ1) is 8.73. The number of esters is 1. The van der Waals surface area contributed by atoms with Crippen LogP contribution in [0.5, 0.6) is 0 Å². The van der Waals surface area contributed by atoms with Crippen molar-refractivity contribution in [3.8, 4) is 0 Å². The predicted octanol–water partition coefficient (Wildman–Crippen LogP) is 3.15. The third-order valence-electron chi connectivity index (χ3n) is 2.10. The first-order valence-electron chi connectivity index (χ1n) is 6.09. The molecule has 1 rings (SSSR count). The fourth-order valence-corrected chi connectivity index (χ4v) is 2.39. The number of rotatable bonds is 3. The Morgan fingerprint density at radius 3 is 2.53 bits per heavy atom. The van der Waals surface area contributed by atoms with Crippen molar-refractivity contribution in [2.24, 2.45) is 0 Å². The van der Waals surface area contributed by atoms with Gasteiger partial charge in [0.1, 0.15) is 4.88 Å². The van der Waals surface area contributed by atoms with E-state index >= 15 is 0 Å². The molecule has 2 N–H and O–H groups in total. The summed E-state index contributed by atoms with van der Waals surface area (Å²) in [6.07, 6.45) is 0. The van der Waals surface area contributed by atoms with Crippen molar-refractivity contribution in [2.45, 2.75) is 40.2 Å². The summed E-state index contributed by atoms with van der Waals surface area (Å²) in [7, 11) is 0. The van der Waals surface area contributed by atoms with E-state index in [2.05, 4.69) is 10.6 Å². The Hall–Kier alpha value is -1.56. The number of carbonyl (C=O) groups excluding carboxylic acids is 2. The molecule has 0 fully saturated rings. The first kappa shape index (κ1) is 15.5. The van der Waals surface area contributed by atoms with Gasteiger partial charge >= 0.3 is 12.0 Å². The maximum atomic E-state index is 11.7. The SMILES string of the molecule is CCOC(=O)c1sc(NC(=O)NC(C)(C)C)cc1C. The molecule has 1 aromatic rings. The van der Waals surface area contributed by atoms with Gasteiger partial charge in [-0.1, -0.05) is 0 Å². The zero-order valence-electron chi connectivity index (χ0n) is 11.9. The van der Waals surface area contributed by atoms with Crippen LogP contribution >= 0.6 is 11.3 Å². The predicted molar refractivity (Wildman–Crippen MR) is 76.9 cm³/mol. The van der Waals surface area contributed by atoms with Crippen molar-refractivity contribution in [1.82, 2.24) is 5.32 Å². The summed E-state index contributed by atoms with van der Waals surface area (Å²) in [5.74, 6) is -0.353. The van der Waals surface area contributed by atoms with Gasteiger partial charge in [0.15, 0.2) is 0 Å². The fourth-order valence-electron chi connectivity index (χ4n) is 1.43. The number of anilines is 1. The molecule has 2 amide bonds. The normalized spacial score (nSPS) is 11.0. The number of hydrogen-bond acceptors (Lipinski definition) is 4. The summed E-state index contributed by atoms with van der Waals surface area (Å²) in [5.41, 5.74) is 0.495. The summed E-state index contributed by atoms with van der Waals surface area (Å²) < 4.78 is 4.95. The number of hydrogen-bond donors (Lipinski definition) is 2. The molecule has 1 heterocycles. The van der Waals surface area contributed by atoms with Crippen molar-refractivity contribution in [3.05, 3.63) is 16.5 Å². The molecule has 0 unspecified atom stereocenters. The van der Waals surface area contributed by atoms with E-state index in [1.807, 2.05) is 27.7 Å². The van der Waals surface area contributed by atoms with E-state index in [4.69, 9.17) is 4.74 Å². The standard InChI is InChI=1S/C13H20N2O3S/c1-6-18-11(16)10-8(2)7-9(19-10)14-12(17)15-13(3,4)5/h7H,6H2,1-5H3,(H2,14,15,17). The zero-order chi connectivity index (χ0) is 14.6. The minimum atomic E-state index is -0.353. The number of amides is 2. The van der Waals surface area contributed by atoms with Crippen LogP contribution in [0.15, 0.2) is 6.07 Å². The minimum Gasteiger partial charge on any atom is -0.462 e. The molecule has 0 aliphatic heterocycles. The van der Waals surface area contributed by atoms with Gasteiger partial charge in [0, 0.05) is 5.54 Å². The zero-order valence-corrected chi connectivity index (χ0v) is 12.7. The molecule has 106 valence electrons. The third kappa shape index (κ3) is 4.90. The molecule has 19 heavy (non-hydrogen) atoms. The van der Waals surface area contributed by atoms with Gasteiger partial charge in [0.2, 0.25) is 0 Å². The Labute approximate surface area is 117 Å². The van der Waals surface area contributed by atoms with Gasteiger partial charge in [-0.25, -0.2) is 9.59 Å². The third-order valence-corrected chi connectivity index (χ3v) is 3.24. The lowest BCUT2D eigenvalue weighted by Gasteiger charge is -2.20. The maximum Gasteiger partial charge on any atom is 0.348 e. The number of aryl methyl sites for hydroxylation is 1. The van der Waals surface area contributed by atoms with Crippen molar-refractivity contribution in [1.29, 1.82) is 0 Å². The number of urea groups is 1. The largest absolute Gasteiger partial charge is 0.462 e. The van der Waals surface area contributed by atoms with E-state index < -0.39 is 0 Å². The smallest absolute Gasteiger partial charge is 0.348 e. The molecular weight excluding hydrogens is 264 g/mol. The van der Waals surface area contributed by atoms with Crippen molar-refractivity contribution in [2.75, 3.05) is 11.9 Å². The maximum absolute atomic E-state index is 11.7. The average molecular weight is 284 g/mol. The second-order valence-corrected chi connectivity index (χ2v) is 6.22. The van der Waals surface area contributed by atoms with Gasteiger partial charge in [-0.15, -0.1) is 11.3 Å². The van der Waals surface area contributed by atoms with Crippen LogP contribution in [0.4, 0.5) is 9.80 Å². The summed E-state index contributed by atoms with van der Waals surface area (Å²) >= 11 is 1.22. The van der Waals surface area contributed by atoms with Gasteiger partial charge in [-0.2, -0.15) is 0 Å². The van der Waals surface area contributed by atoms with Gasteiger partial charge in [-0.05, 0) is 46.2 Å². The van der Waals surface area contributed by atoms with Gasteiger partial charge in [-0.3, -0.25) is 5.32 Å². The Morgan fingerprint density at radius 2 is 2.00 bits per heavy atom. The van der Waals surface area contributed by atoms with Gasteiger partial charge in [0.05, 0.1) is 11.6 Å². The van der Waals surface area contributed by atoms with Crippen LogP contribution in [0, 0.1) is 6.92 Å². The molecule has 0 bridgehead atoms. The van der Waals surface area contributed by atoms with Crippen molar-refractivity contribution in [3.63, 3.8) is 0 Å². The number of ether oxygens (including phenoxy) is 1. The summed E-state index contributed by atoms with van der Waals surface area (Å²) in [6, 6.07) is 1.48. The van der Waals surface area contributed by atoms with Crippen LogP contribution < -0.4 is 10.6 Å². The van der Waals surface area contributed by atoms with Crippen LogP contribution in [0.25, 0.3) is 0 Å². The van der Waals surface area contributed by atoms with Crippen molar-refractivity contribution < 1.29 is 14.3 Å². The lowest BCUT2D eigenvalue weighted by atomic mass is 10.1. The quantitative estimate of drug-likeness (QED) is 0.838. The molecule has 0 aromatic carbocycles. The van der Waals surface area contributed by atoms with E-state index in [9.17, 15) is 9.59 Å². The highest BCUT2D eigenvalue weighted by atomic mass is 32.1. The van der Waals surface area contributed by atoms with Crippen LogP contribution in [0.1, 0.15) is 42.9 Å². The topological polar surface area (TPSA) is 67.4 Å². The van der Waals surface area contributed by atoms with Crippen LogP contribution in [-0.2, 0) is 4.74 Å². The molecule has 0 radical (unpaired) electrons. The van der Waals surface area contributed by atoms with Gasteiger partial charge in [0.25, 0.3) is 0 Å². The van der Waals surface area contributed by atoms with Crippen LogP contribution in [0.3, 0.4) is 0 Å². The van der Waals surface area contributed by atoms with E-state index in [0.717, 1.165) is 5.56 Å². The minimum absolute atomic E-state index is 0.288. The summed E-state index contributed by atoms with van der Waals surface area (Å²) in [5, 5.41) is 6.14. The molecule has 0 spiro atoms. The first-order valence-corrected chi connectivity index (χ1v) is 6.91. The molecule has 0 saturated heterocycles. The van der Waals surface area contributed by atoms with Crippen LogP contribution in [-0.4, -0.2) is 24.1 Å². The Kier molecular flexibility index (Phi) is 4.94. The monoisotopic (exact) mass is 284 g/mol.